The molecule has 0 unspecified atom stereocenters. The molecule has 0 aromatic heterocycles. The number of hydrogen-bond acceptors (Lipinski definition) is 4. The third-order valence-corrected chi connectivity index (χ3v) is 8.08. The van der Waals surface area contributed by atoms with Gasteiger partial charge in [0.25, 0.3) is 0 Å². The highest BCUT2D eigenvalue weighted by atomic mass is 32.2. The monoisotopic (exact) mass is 477 g/mol. The topological polar surface area (TPSA) is 78.0 Å². The van der Waals surface area contributed by atoms with Crippen LogP contribution in [0.25, 0.3) is 0 Å². The molecule has 0 radical (unpaired) electrons. The number of halogens is 2. The van der Waals surface area contributed by atoms with Crippen LogP contribution in [0.15, 0.2) is 47.4 Å². The van der Waals surface area contributed by atoms with Crippen molar-refractivity contribution in [2.75, 3.05) is 32.7 Å². The first-order valence-corrected chi connectivity index (χ1v) is 12.2. The van der Waals surface area contributed by atoms with Gasteiger partial charge in [-0.3, -0.25) is 9.59 Å². The molecule has 0 spiro atoms. The second-order valence-electron chi connectivity index (χ2n) is 8.44. The number of carbonyl (C=O) groups is 2. The Kier molecular flexibility index (Phi) is 6.49. The Hall–Kier alpha value is -2.85. The van der Waals surface area contributed by atoms with Crippen molar-refractivity contribution in [2.45, 2.75) is 24.8 Å². The Morgan fingerprint density at radius 3 is 2.21 bits per heavy atom. The maximum atomic E-state index is 14.0. The van der Waals surface area contributed by atoms with E-state index in [1.807, 2.05) is 31.2 Å². The van der Waals surface area contributed by atoms with Gasteiger partial charge in [0.05, 0.1) is 5.92 Å². The molecule has 0 N–H and O–H groups in total. The van der Waals surface area contributed by atoms with Gasteiger partial charge in [0.1, 0.15) is 11.6 Å². The lowest BCUT2D eigenvalue weighted by atomic mass is 10.1. The molecule has 2 aliphatic heterocycles. The minimum absolute atomic E-state index is 0.0738. The van der Waals surface area contributed by atoms with E-state index < -0.39 is 32.5 Å². The lowest BCUT2D eigenvalue weighted by Gasteiger charge is -2.35. The molecule has 0 aliphatic carbocycles. The molecule has 2 saturated heterocycles. The fourth-order valence-corrected chi connectivity index (χ4v) is 5.80. The molecule has 33 heavy (non-hydrogen) atoms. The number of benzene rings is 2. The van der Waals surface area contributed by atoms with Gasteiger partial charge < -0.3 is 9.80 Å². The van der Waals surface area contributed by atoms with E-state index in [1.54, 1.807) is 4.90 Å². The van der Waals surface area contributed by atoms with Crippen molar-refractivity contribution in [3.63, 3.8) is 0 Å². The van der Waals surface area contributed by atoms with Crippen LogP contribution >= 0.6 is 0 Å². The number of amides is 2. The summed E-state index contributed by atoms with van der Waals surface area (Å²) in [5.41, 5.74) is 2.11. The van der Waals surface area contributed by atoms with Crippen LogP contribution in [0, 0.1) is 24.5 Å². The average Bonchev–Trinajstić information content (AvgIpc) is 3.15. The van der Waals surface area contributed by atoms with Gasteiger partial charge in [-0.05, 0) is 24.6 Å². The fraction of sp³-hybridized carbons (Fsp3) is 0.391. The number of aryl methyl sites for hydroxylation is 1. The molecule has 4 rings (SSSR count). The minimum Gasteiger partial charge on any atom is -0.340 e. The van der Waals surface area contributed by atoms with Crippen LogP contribution in [0.4, 0.5) is 8.78 Å². The lowest BCUT2D eigenvalue weighted by molar-refractivity contribution is -0.137. The minimum atomic E-state index is -4.36. The summed E-state index contributed by atoms with van der Waals surface area (Å²) in [5.74, 6) is -3.08. The standard InChI is InChI=1S/C23H25F2N3O4S/c1-16-5-7-17(8-6-16)14-27-15-18(13-21(27)29)23(30)26-9-11-28(12-10-26)33(31,32)22-19(24)3-2-4-20(22)25/h2-8,18H,9-15H2,1H3/t18-/m0/s1. The van der Waals surface area contributed by atoms with Gasteiger partial charge in [0, 0.05) is 45.7 Å². The molecule has 2 heterocycles. The number of hydrogen-bond donors (Lipinski definition) is 0. The van der Waals surface area contributed by atoms with E-state index in [0.29, 0.717) is 13.1 Å². The van der Waals surface area contributed by atoms with E-state index in [0.717, 1.165) is 33.6 Å². The van der Waals surface area contributed by atoms with Crippen LogP contribution in [0.1, 0.15) is 17.5 Å². The predicted molar refractivity (Wildman–Crippen MR) is 116 cm³/mol. The number of nitrogens with zero attached hydrogens (tertiary/aromatic N) is 3. The van der Waals surface area contributed by atoms with Crippen molar-refractivity contribution in [1.82, 2.24) is 14.1 Å². The Morgan fingerprint density at radius 1 is 1.00 bits per heavy atom. The van der Waals surface area contributed by atoms with E-state index in [1.165, 1.54) is 4.90 Å². The molecular weight excluding hydrogens is 452 g/mol. The Balaban J connectivity index is 1.36. The third kappa shape index (κ3) is 4.77. The SMILES string of the molecule is Cc1ccc(CN2C[C@@H](C(=O)N3CCN(S(=O)(=O)c4c(F)cccc4F)CC3)CC2=O)cc1. The molecule has 0 saturated carbocycles. The molecule has 176 valence electrons. The molecule has 2 fully saturated rings. The summed E-state index contributed by atoms with van der Waals surface area (Å²) in [4.78, 5) is 27.6. The largest absolute Gasteiger partial charge is 0.340 e. The maximum absolute atomic E-state index is 14.0. The van der Waals surface area contributed by atoms with Crippen molar-refractivity contribution in [3.05, 3.63) is 65.2 Å². The highest BCUT2D eigenvalue weighted by Crippen LogP contribution is 2.26. The van der Waals surface area contributed by atoms with Crippen LogP contribution in [-0.2, 0) is 26.2 Å². The normalized spacial score (nSPS) is 19.8. The van der Waals surface area contributed by atoms with Crippen molar-refractivity contribution in [1.29, 1.82) is 0 Å². The van der Waals surface area contributed by atoms with Gasteiger partial charge in [-0.15, -0.1) is 0 Å². The van der Waals surface area contributed by atoms with Crippen molar-refractivity contribution in [3.8, 4) is 0 Å². The number of sulfonamides is 1. The third-order valence-electron chi connectivity index (χ3n) is 6.12. The Morgan fingerprint density at radius 2 is 1.61 bits per heavy atom. The first-order valence-electron chi connectivity index (χ1n) is 10.7. The Labute approximate surface area is 191 Å². The molecule has 2 aromatic rings. The number of piperazine rings is 1. The molecule has 0 bridgehead atoms. The number of likely N-dealkylation sites (tertiary alicyclic amines) is 1. The average molecular weight is 478 g/mol. The Bertz CT molecular complexity index is 1140. The summed E-state index contributed by atoms with van der Waals surface area (Å²) >= 11 is 0. The van der Waals surface area contributed by atoms with Crippen LogP contribution in [0.5, 0.6) is 0 Å². The lowest BCUT2D eigenvalue weighted by Crippen LogP contribution is -2.52. The van der Waals surface area contributed by atoms with Crippen molar-refractivity contribution < 1.29 is 26.8 Å². The first kappa shape index (κ1) is 23.3. The van der Waals surface area contributed by atoms with Gasteiger partial charge in [0.15, 0.2) is 4.90 Å². The molecule has 2 amide bonds. The summed E-state index contributed by atoms with van der Waals surface area (Å²) in [6.45, 7) is 2.77. The van der Waals surface area contributed by atoms with Gasteiger partial charge >= 0.3 is 0 Å². The highest BCUT2D eigenvalue weighted by Gasteiger charge is 2.39. The van der Waals surface area contributed by atoms with E-state index >= 15 is 0 Å². The van der Waals surface area contributed by atoms with Gasteiger partial charge in [0.2, 0.25) is 21.8 Å². The van der Waals surface area contributed by atoms with Crippen LogP contribution in [0.2, 0.25) is 0 Å². The zero-order valence-electron chi connectivity index (χ0n) is 18.2. The van der Waals surface area contributed by atoms with E-state index in [9.17, 15) is 26.8 Å². The zero-order chi connectivity index (χ0) is 23.8. The summed E-state index contributed by atoms with van der Waals surface area (Å²) in [6.07, 6.45) is 0.115. The van der Waals surface area contributed by atoms with Gasteiger partial charge in [-0.1, -0.05) is 35.9 Å². The van der Waals surface area contributed by atoms with E-state index in [-0.39, 0.29) is 44.4 Å². The zero-order valence-corrected chi connectivity index (χ0v) is 19.0. The molecule has 1 atom stereocenters. The van der Waals surface area contributed by atoms with Crippen LogP contribution in [0.3, 0.4) is 0 Å². The van der Waals surface area contributed by atoms with Crippen molar-refractivity contribution >= 4 is 21.8 Å². The second kappa shape index (κ2) is 9.18. The molecule has 2 aromatic carbocycles. The van der Waals surface area contributed by atoms with Crippen LogP contribution in [-0.4, -0.2) is 67.1 Å². The maximum Gasteiger partial charge on any atom is 0.249 e. The van der Waals surface area contributed by atoms with E-state index in [2.05, 4.69) is 0 Å². The molecule has 2 aliphatic rings. The first-order chi connectivity index (χ1) is 15.7. The quantitative estimate of drug-likeness (QED) is 0.661. The predicted octanol–water partition coefficient (Wildman–Crippen LogP) is 2.15. The fourth-order valence-electron chi connectivity index (χ4n) is 4.27. The smallest absolute Gasteiger partial charge is 0.249 e. The molecular formula is C23H25F2N3O4S. The van der Waals surface area contributed by atoms with Gasteiger partial charge in [-0.2, -0.15) is 4.31 Å². The molecule has 10 heteroatoms. The number of rotatable bonds is 5. The van der Waals surface area contributed by atoms with E-state index in [4.69, 9.17) is 0 Å². The highest BCUT2D eigenvalue weighted by molar-refractivity contribution is 7.89. The second-order valence-corrected chi connectivity index (χ2v) is 10.3. The summed E-state index contributed by atoms with van der Waals surface area (Å²) in [5, 5.41) is 0. The van der Waals surface area contributed by atoms with Crippen molar-refractivity contribution in [2.24, 2.45) is 5.92 Å². The van der Waals surface area contributed by atoms with Gasteiger partial charge in [-0.25, -0.2) is 17.2 Å². The summed E-state index contributed by atoms with van der Waals surface area (Å²) < 4.78 is 54.5. The molecule has 7 nitrogen and oxygen atoms in total. The summed E-state index contributed by atoms with van der Waals surface area (Å²) in [7, 11) is -4.36. The number of carbonyl (C=O) groups excluding carboxylic acids is 2. The summed E-state index contributed by atoms with van der Waals surface area (Å²) in [6, 6.07) is 10.7. The van der Waals surface area contributed by atoms with Crippen LogP contribution < -0.4 is 0 Å².